The molecule has 2 heterocycles. The predicted molar refractivity (Wildman–Crippen MR) is 203 cm³/mol. The molecule has 0 radical (unpaired) electrons. The molecule has 2 aliphatic heterocycles. The number of allylic oxidation sites excluding steroid dienone is 1. The maximum Gasteiger partial charge on any atom is 0.264 e. The number of benzene rings is 2. The van der Waals surface area contributed by atoms with E-state index in [-0.39, 0.29) is 22.5 Å². The molecular formula is C39H55ClN2O6SSi. The molecule has 0 saturated heterocycles. The molecule has 0 aromatic heterocycles. The molecule has 1 saturated carbocycles. The lowest BCUT2D eigenvalue weighted by Crippen LogP contribution is -2.49. The lowest BCUT2D eigenvalue weighted by atomic mass is 9.68. The second-order valence-electron chi connectivity index (χ2n) is 16.7. The number of methoxy groups -OCH3 is 1. The summed E-state index contributed by atoms with van der Waals surface area (Å²) in [5.74, 6) is 0.416. The highest BCUT2D eigenvalue weighted by Gasteiger charge is 2.45. The summed E-state index contributed by atoms with van der Waals surface area (Å²) in [6.07, 6.45) is 9.75. The summed E-state index contributed by atoms with van der Waals surface area (Å²) < 4.78 is 49.5. The smallest absolute Gasteiger partial charge is 0.264 e. The van der Waals surface area contributed by atoms with Gasteiger partial charge < -0.3 is 18.8 Å². The van der Waals surface area contributed by atoms with Crippen molar-refractivity contribution in [2.45, 2.75) is 101 Å². The molecule has 2 aromatic carbocycles. The summed E-state index contributed by atoms with van der Waals surface area (Å²) in [6, 6.07) is 11.6. The van der Waals surface area contributed by atoms with Crippen LogP contribution in [-0.4, -0.2) is 67.4 Å². The summed E-state index contributed by atoms with van der Waals surface area (Å²) in [6.45, 7) is 14.9. The van der Waals surface area contributed by atoms with E-state index in [4.69, 9.17) is 25.5 Å². The van der Waals surface area contributed by atoms with Crippen molar-refractivity contribution in [2.24, 2.45) is 17.8 Å². The van der Waals surface area contributed by atoms with Crippen LogP contribution in [-0.2, 0) is 31.0 Å². The van der Waals surface area contributed by atoms with Crippen LogP contribution in [0, 0.1) is 17.8 Å². The fourth-order valence-electron chi connectivity index (χ4n) is 8.04. The summed E-state index contributed by atoms with van der Waals surface area (Å²) in [5, 5.41) is -0.144. The van der Waals surface area contributed by atoms with Gasteiger partial charge in [0.15, 0.2) is 8.32 Å². The Bertz CT molecular complexity index is 1730. The average molecular weight is 743 g/mol. The Morgan fingerprint density at radius 2 is 1.92 bits per heavy atom. The van der Waals surface area contributed by atoms with Crippen molar-refractivity contribution < 1.29 is 27.1 Å². The standard InChI is InChI=1S/C39H55ClN2O6SSi/c1-26-30(23-48-50(6,7)38(2,3)4)10-8-12-35(46-5)32-16-13-29(32)22-42-24-39(19-9-11-27-20-31(40)15-17-33(27)39)25-47-36-18-14-28(21-34(36)42)37(43)41-49(26,44)45/h8,12,14-15,17-18,20-21,26,29-30,32,35H,9-11,13,16,19,22-25H2,1-7H3,(H,41,43)/b12-8+/t26-,29+,30-,32-,35+,39+/m1/s1. The minimum absolute atomic E-state index is 0.0193. The van der Waals surface area contributed by atoms with Crippen LogP contribution in [0.15, 0.2) is 48.6 Å². The Labute approximate surface area is 305 Å². The number of ether oxygens (including phenoxy) is 2. The third-order valence-electron chi connectivity index (χ3n) is 12.5. The number of nitrogens with zero attached hydrogens (tertiary/aromatic N) is 1. The third kappa shape index (κ3) is 7.42. The SMILES string of the molecule is CO[C@H]1/C=C/C[C@H](CO[Si](C)(C)C(C)(C)C)[C@@H](C)S(=O)(=O)NC(=O)c2ccc3c(c2)N(C[C@@H]2CC[C@H]21)C[C@@]1(CCCc2cc(Cl)ccc21)CO3. The lowest BCUT2D eigenvalue weighted by Gasteiger charge is -2.46. The molecule has 11 heteroatoms. The van der Waals surface area contributed by atoms with Crippen LogP contribution in [0.1, 0.15) is 81.3 Å². The maximum atomic E-state index is 13.9. The van der Waals surface area contributed by atoms with E-state index in [9.17, 15) is 13.2 Å². The van der Waals surface area contributed by atoms with Crippen LogP contribution in [0.25, 0.3) is 0 Å². The van der Waals surface area contributed by atoms with Crippen LogP contribution in [0.4, 0.5) is 5.69 Å². The third-order valence-corrected chi connectivity index (χ3v) is 19.1. The maximum absolute atomic E-state index is 13.9. The van der Waals surface area contributed by atoms with E-state index < -0.39 is 29.5 Å². The Kier molecular flexibility index (Phi) is 10.6. The van der Waals surface area contributed by atoms with Gasteiger partial charge in [0.25, 0.3) is 5.91 Å². The number of sulfonamides is 1. The summed E-state index contributed by atoms with van der Waals surface area (Å²) >= 11 is 6.45. The van der Waals surface area contributed by atoms with Gasteiger partial charge in [-0.3, -0.25) is 4.79 Å². The van der Waals surface area contributed by atoms with Gasteiger partial charge in [0.1, 0.15) is 5.75 Å². The van der Waals surface area contributed by atoms with Crippen LogP contribution in [0.5, 0.6) is 5.75 Å². The number of carbonyl (C=O) groups excluding carboxylic acids is 1. The fourth-order valence-corrected chi connectivity index (χ4v) is 10.6. The average Bonchev–Trinajstić information content (AvgIpc) is 3.19. The van der Waals surface area contributed by atoms with Crippen molar-refractivity contribution in [2.75, 3.05) is 38.3 Å². The van der Waals surface area contributed by atoms with Crippen LogP contribution >= 0.6 is 11.6 Å². The normalized spacial score (nSPS) is 30.6. The molecule has 1 N–H and O–H groups in total. The van der Waals surface area contributed by atoms with E-state index in [1.807, 2.05) is 18.2 Å². The van der Waals surface area contributed by atoms with Crippen LogP contribution in [0.3, 0.4) is 0 Å². The fraction of sp³-hybridized carbons (Fsp3) is 0.615. The molecule has 1 amide bonds. The molecule has 0 unspecified atom stereocenters. The monoisotopic (exact) mass is 742 g/mol. The minimum Gasteiger partial charge on any atom is -0.490 e. The van der Waals surface area contributed by atoms with Crippen molar-refractivity contribution in [1.82, 2.24) is 4.72 Å². The number of rotatable bonds is 4. The van der Waals surface area contributed by atoms with E-state index in [1.54, 1.807) is 20.1 Å². The van der Waals surface area contributed by atoms with E-state index in [1.165, 1.54) is 11.1 Å². The molecule has 50 heavy (non-hydrogen) atoms. The van der Waals surface area contributed by atoms with E-state index in [2.05, 4.69) is 67.8 Å². The van der Waals surface area contributed by atoms with E-state index in [0.29, 0.717) is 42.8 Å². The first-order valence-electron chi connectivity index (χ1n) is 18.2. The van der Waals surface area contributed by atoms with Gasteiger partial charge in [-0.05, 0) is 117 Å². The van der Waals surface area contributed by atoms with Crippen molar-refractivity contribution in [3.63, 3.8) is 0 Å². The van der Waals surface area contributed by atoms with Crippen molar-refractivity contribution >= 4 is 41.5 Å². The topological polar surface area (TPSA) is 94.2 Å². The van der Waals surface area contributed by atoms with Gasteiger partial charge >= 0.3 is 0 Å². The molecule has 6 rings (SSSR count). The first-order valence-corrected chi connectivity index (χ1v) is 23.1. The predicted octanol–water partition coefficient (Wildman–Crippen LogP) is 7.90. The zero-order chi connectivity index (χ0) is 36.1. The molecule has 1 fully saturated rings. The highest BCUT2D eigenvalue weighted by molar-refractivity contribution is 7.90. The minimum atomic E-state index is -4.05. The Balaban J connectivity index is 1.37. The Morgan fingerprint density at radius 1 is 1.14 bits per heavy atom. The van der Waals surface area contributed by atoms with Gasteiger partial charge in [-0.15, -0.1) is 0 Å². The second kappa shape index (κ2) is 14.2. The number of halogens is 1. The van der Waals surface area contributed by atoms with Crippen molar-refractivity contribution in [3.8, 4) is 5.75 Å². The summed E-state index contributed by atoms with van der Waals surface area (Å²) in [5.41, 5.74) is 3.41. The molecule has 4 aliphatic rings. The lowest BCUT2D eigenvalue weighted by molar-refractivity contribution is 0.0131. The largest absolute Gasteiger partial charge is 0.490 e. The number of carbonyl (C=O) groups is 1. The molecular weight excluding hydrogens is 688 g/mol. The number of aryl methyl sites for hydroxylation is 1. The molecule has 2 aromatic rings. The van der Waals surface area contributed by atoms with Gasteiger partial charge in [0, 0.05) is 48.7 Å². The van der Waals surface area contributed by atoms with Gasteiger partial charge in [-0.25, -0.2) is 13.1 Å². The number of anilines is 1. The number of amides is 1. The zero-order valence-corrected chi connectivity index (χ0v) is 33.3. The number of nitrogens with one attached hydrogen (secondary N) is 1. The molecule has 1 spiro atoms. The molecule has 6 atom stereocenters. The molecule has 8 nitrogen and oxygen atoms in total. The highest BCUT2D eigenvalue weighted by atomic mass is 35.5. The van der Waals surface area contributed by atoms with E-state index in [0.717, 1.165) is 55.9 Å². The first-order chi connectivity index (χ1) is 23.5. The van der Waals surface area contributed by atoms with Gasteiger partial charge in [-0.2, -0.15) is 0 Å². The molecule has 2 aliphatic carbocycles. The molecule has 274 valence electrons. The highest BCUT2D eigenvalue weighted by Crippen LogP contribution is 2.47. The molecule has 2 bridgehead atoms. The van der Waals surface area contributed by atoms with Gasteiger partial charge in [-0.1, -0.05) is 50.6 Å². The van der Waals surface area contributed by atoms with Crippen LogP contribution < -0.4 is 14.4 Å². The number of hydrogen-bond donors (Lipinski definition) is 1. The first kappa shape index (κ1) is 37.4. The second-order valence-corrected chi connectivity index (χ2v) is 23.9. The number of hydrogen-bond acceptors (Lipinski definition) is 7. The Hall–Kier alpha value is -2.37. The number of fused-ring (bicyclic) bond motifs is 4. The quantitative estimate of drug-likeness (QED) is 0.252. The van der Waals surface area contributed by atoms with E-state index >= 15 is 0 Å². The summed E-state index contributed by atoms with van der Waals surface area (Å²) in [7, 11) is -4.44. The van der Waals surface area contributed by atoms with Gasteiger partial charge in [0.2, 0.25) is 10.0 Å². The van der Waals surface area contributed by atoms with Crippen LogP contribution in [0.2, 0.25) is 23.2 Å². The zero-order valence-electron chi connectivity index (χ0n) is 30.8. The van der Waals surface area contributed by atoms with Crippen molar-refractivity contribution in [3.05, 3.63) is 70.3 Å². The van der Waals surface area contributed by atoms with Gasteiger partial charge in [0.05, 0.1) is 23.6 Å². The summed E-state index contributed by atoms with van der Waals surface area (Å²) in [4.78, 5) is 16.2. The Morgan fingerprint density at radius 3 is 2.62 bits per heavy atom. The van der Waals surface area contributed by atoms with Crippen molar-refractivity contribution in [1.29, 1.82) is 0 Å².